The highest BCUT2D eigenvalue weighted by Gasteiger charge is 2.22. The lowest BCUT2D eigenvalue weighted by atomic mass is 10.1. The Bertz CT molecular complexity index is 1420. The van der Waals surface area contributed by atoms with Crippen LogP contribution in [0.1, 0.15) is 70.3 Å². The molecule has 1 heterocycles. The van der Waals surface area contributed by atoms with E-state index in [-0.39, 0.29) is 12.5 Å². The number of methoxy groups -OCH3 is 1. The molecule has 42 heavy (non-hydrogen) atoms. The van der Waals surface area contributed by atoms with Gasteiger partial charge in [-0.3, -0.25) is 9.59 Å². The number of thiophene rings is 1. The van der Waals surface area contributed by atoms with Crippen molar-refractivity contribution in [3.8, 4) is 17.2 Å². The van der Waals surface area contributed by atoms with E-state index < -0.39 is 18.0 Å². The quantitative estimate of drug-likeness (QED) is 0.103. The number of hydrogen-bond acceptors (Lipinski definition) is 9. The molecule has 0 aliphatic carbocycles. The summed E-state index contributed by atoms with van der Waals surface area (Å²) in [6.45, 7) is 9.97. The van der Waals surface area contributed by atoms with E-state index in [0.717, 1.165) is 28.8 Å². The Morgan fingerprint density at radius 3 is 2.45 bits per heavy atom. The van der Waals surface area contributed by atoms with Gasteiger partial charge in [-0.15, -0.1) is 11.3 Å². The normalized spacial score (nSPS) is 11.6. The Hall–Kier alpha value is -4.38. The zero-order chi connectivity index (χ0) is 30.6. The maximum Gasteiger partial charge on any atom is 0.341 e. The summed E-state index contributed by atoms with van der Waals surface area (Å²) < 4.78 is 22.0. The molecule has 0 saturated carbocycles. The van der Waals surface area contributed by atoms with Crippen molar-refractivity contribution < 1.29 is 33.3 Å². The Labute approximate surface area is 250 Å². The topological polar surface area (TPSA) is 125 Å². The number of unbranched alkanes of at least 4 members (excludes halogenated alkanes) is 1. The fourth-order valence-corrected chi connectivity index (χ4v) is 4.80. The van der Waals surface area contributed by atoms with Crippen molar-refractivity contribution in [3.63, 3.8) is 0 Å². The molecule has 0 aliphatic heterocycles. The molecule has 11 heteroatoms. The highest BCUT2D eigenvalue weighted by Crippen LogP contribution is 2.33. The van der Waals surface area contributed by atoms with Crippen LogP contribution in [0.25, 0.3) is 0 Å². The Balaban J connectivity index is 1.55. The third kappa shape index (κ3) is 8.56. The Kier molecular flexibility index (Phi) is 11.9. The van der Waals surface area contributed by atoms with E-state index in [1.54, 1.807) is 57.4 Å². The van der Waals surface area contributed by atoms with Crippen LogP contribution in [-0.4, -0.2) is 50.4 Å². The van der Waals surface area contributed by atoms with Gasteiger partial charge in [0, 0.05) is 10.4 Å². The molecule has 2 amide bonds. The average molecular weight is 596 g/mol. The standard InChI is InChI=1S/C31H37N3O7S/c1-7-9-16-40-25-15-10-22(17-26(25)38-6)18-32-34-28(35)20(4)41-24-13-11-23(12-14-24)29(36)33-30-27(31(37)39-8-2)19(3)21(5)42-30/h10-15,17-18,20H,7-9,16H2,1-6H3,(H,33,36)(H,34,35). The minimum Gasteiger partial charge on any atom is -0.493 e. The molecule has 224 valence electrons. The van der Waals surface area contributed by atoms with Crippen LogP contribution in [0, 0.1) is 13.8 Å². The van der Waals surface area contributed by atoms with Crippen LogP contribution in [0.15, 0.2) is 47.6 Å². The smallest absolute Gasteiger partial charge is 0.341 e. The predicted molar refractivity (Wildman–Crippen MR) is 163 cm³/mol. The molecule has 1 aromatic heterocycles. The number of aryl methyl sites for hydroxylation is 1. The second kappa shape index (κ2) is 15.6. The number of nitrogens with one attached hydrogen (secondary N) is 2. The van der Waals surface area contributed by atoms with Crippen molar-refractivity contribution in [2.75, 3.05) is 25.6 Å². The van der Waals surface area contributed by atoms with Gasteiger partial charge in [0.05, 0.1) is 32.1 Å². The number of hydrazone groups is 1. The van der Waals surface area contributed by atoms with Gasteiger partial charge in [0.1, 0.15) is 10.8 Å². The molecule has 1 unspecified atom stereocenters. The largest absolute Gasteiger partial charge is 0.493 e. The predicted octanol–water partition coefficient (Wildman–Crippen LogP) is 5.90. The minimum absolute atomic E-state index is 0.239. The van der Waals surface area contributed by atoms with Crippen LogP contribution >= 0.6 is 11.3 Å². The van der Waals surface area contributed by atoms with Crippen LogP contribution in [0.5, 0.6) is 17.2 Å². The van der Waals surface area contributed by atoms with Gasteiger partial charge in [0.15, 0.2) is 17.6 Å². The van der Waals surface area contributed by atoms with Crippen molar-refractivity contribution in [3.05, 3.63) is 69.6 Å². The molecule has 3 rings (SSSR count). The van der Waals surface area contributed by atoms with E-state index in [0.29, 0.717) is 40.0 Å². The first-order valence-electron chi connectivity index (χ1n) is 13.7. The van der Waals surface area contributed by atoms with Crippen molar-refractivity contribution >= 4 is 40.3 Å². The lowest BCUT2D eigenvalue weighted by Crippen LogP contribution is -2.33. The second-order valence-electron chi connectivity index (χ2n) is 9.29. The van der Waals surface area contributed by atoms with E-state index in [9.17, 15) is 14.4 Å². The van der Waals surface area contributed by atoms with Crippen LogP contribution in [0.2, 0.25) is 0 Å². The zero-order valence-electron chi connectivity index (χ0n) is 24.7. The minimum atomic E-state index is -0.852. The van der Waals surface area contributed by atoms with Gasteiger partial charge in [0.25, 0.3) is 11.8 Å². The fraction of sp³-hybridized carbons (Fsp3) is 0.355. The van der Waals surface area contributed by atoms with Gasteiger partial charge in [-0.2, -0.15) is 5.10 Å². The summed E-state index contributed by atoms with van der Waals surface area (Å²) >= 11 is 1.32. The zero-order valence-corrected chi connectivity index (χ0v) is 25.6. The van der Waals surface area contributed by atoms with Crippen LogP contribution in [0.3, 0.4) is 0 Å². The van der Waals surface area contributed by atoms with Crippen molar-refractivity contribution in [2.45, 2.75) is 53.6 Å². The summed E-state index contributed by atoms with van der Waals surface area (Å²) in [6, 6.07) is 11.7. The molecule has 0 fully saturated rings. The van der Waals surface area contributed by atoms with Crippen LogP contribution < -0.4 is 25.0 Å². The monoisotopic (exact) mass is 595 g/mol. The first-order chi connectivity index (χ1) is 20.2. The number of ether oxygens (including phenoxy) is 4. The number of benzene rings is 2. The van der Waals surface area contributed by atoms with Gasteiger partial charge >= 0.3 is 5.97 Å². The van der Waals surface area contributed by atoms with Gasteiger partial charge < -0.3 is 24.3 Å². The van der Waals surface area contributed by atoms with Crippen LogP contribution in [0.4, 0.5) is 5.00 Å². The summed E-state index contributed by atoms with van der Waals surface area (Å²) in [5, 5.41) is 7.26. The van der Waals surface area contributed by atoms with Gasteiger partial charge in [-0.25, -0.2) is 10.2 Å². The summed E-state index contributed by atoms with van der Waals surface area (Å²) in [7, 11) is 1.57. The van der Waals surface area contributed by atoms with E-state index in [1.165, 1.54) is 17.6 Å². The summed E-state index contributed by atoms with van der Waals surface area (Å²) in [5.41, 5.74) is 4.69. The highest BCUT2D eigenvalue weighted by molar-refractivity contribution is 7.16. The molecule has 2 aromatic carbocycles. The van der Waals surface area contributed by atoms with Gasteiger partial charge in [0.2, 0.25) is 0 Å². The fourth-order valence-electron chi connectivity index (χ4n) is 3.75. The SMILES string of the molecule is CCCCOc1ccc(C=NNC(=O)C(C)Oc2ccc(C(=O)Nc3sc(C)c(C)c3C(=O)OCC)cc2)cc1OC. The lowest BCUT2D eigenvalue weighted by molar-refractivity contribution is -0.127. The van der Waals surface area contributed by atoms with E-state index in [4.69, 9.17) is 18.9 Å². The van der Waals surface area contributed by atoms with Crippen molar-refractivity contribution in [2.24, 2.45) is 5.10 Å². The van der Waals surface area contributed by atoms with Gasteiger partial charge in [-0.1, -0.05) is 13.3 Å². The Morgan fingerprint density at radius 1 is 1.05 bits per heavy atom. The number of esters is 1. The lowest BCUT2D eigenvalue weighted by Gasteiger charge is -2.13. The third-order valence-electron chi connectivity index (χ3n) is 6.22. The molecule has 0 aliphatic rings. The van der Waals surface area contributed by atoms with E-state index >= 15 is 0 Å². The first-order valence-corrected chi connectivity index (χ1v) is 14.5. The van der Waals surface area contributed by atoms with Crippen LogP contribution in [-0.2, 0) is 9.53 Å². The number of rotatable bonds is 14. The van der Waals surface area contributed by atoms with Gasteiger partial charge in [-0.05, 0) is 87.7 Å². The Morgan fingerprint density at radius 2 is 1.79 bits per heavy atom. The molecule has 0 spiro atoms. The highest BCUT2D eigenvalue weighted by atomic mass is 32.1. The molecule has 2 N–H and O–H groups in total. The maximum absolute atomic E-state index is 12.9. The van der Waals surface area contributed by atoms with Crippen molar-refractivity contribution in [1.29, 1.82) is 0 Å². The molecule has 0 saturated heterocycles. The number of nitrogens with zero attached hydrogens (tertiary/aromatic N) is 1. The molecular weight excluding hydrogens is 558 g/mol. The summed E-state index contributed by atoms with van der Waals surface area (Å²) in [6.07, 6.45) is 2.63. The first kappa shape index (κ1) is 32.1. The molecular formula is C31H37N3O7S. The average Bonchev–Trinajstić information content (AvgIpc) is 3.26. The number of hydrogen-bond donors (Lipinski definition) is 2. The molecule has 0 radical (unpaired) electrons. The molecule has 1 atom stereocenters. The third-order valence-corrected chi connectivity index (χ3v) is 7.34. The van der Waals surface area contributed by atoms with E-state index in [2.05, 4.69) is 22.8 Å². The number of anilines is 1. The summed E-state index contributed by atoms with van der Waals surface area (Å²) in [4.78, 5) is 38.7. The summed E-state index contributed by atoms with van der Waals surface area (Å²) in [5.74, 6) is 0.322. The molecule has 3 aromatic rings. The second-order valence-corrected chi connectivity index (χ2v) is 10.5. The van der Waals surface area contributed by atoms with E-state index in [1.807, 2.05) is 19.9 Å². The molecule has 0 bridgehead atoms. The molecule has 10 nitrogen and oxygen atoms in total. The maximum atomic E-state index is 12.9. The number of carbonyl (C=O) groups excluding carboxylic acids is 3. The van der Waals surface area contributed by atoms with Crippen molar-refractivity contribution in [1.82, 2.24) is 5.43 Å². The number of amides is 2. The number of carbonyl (C=O) groups is 3.